The van der Waals surface area contributed by atoms with Crippen LogP contribution in [0.15, 0.2) is 48.5 Å². The van der Waals surface area contributed by atoms with Crippen LogP contribution in [0.3, 0.4) is 0 Å². The molecule has 1 N–H and O–H groups in total. The molecule has 41 heavy (non-hydrogen) atoms. The van der Waals surface area contributed by atoms with Gasteiger partial charge in [0.05, 0.1) is 46.1 Å². The van der Waals surface area contributed by atoms with Crippen LogP contribution < -0.4 is 24.3 Å². The van der Waals surface area contributed by atoms with Crippen molar-refractivity contribution in [3.05, 3.63) is 70.8 Å². The van der Waals surface area contributed by atoms with Crippen molar-refractivity contribution in [2.75, 3.05) is 47.6 Å². The van der Waals surface area contributed by atoms with Crippen molar-refractivity contribution in [1.29, 1.82) is 0 Å². The first-order valence-corrected chi connectivity index (χ1v) is 13.8. The fourth-order valence-electron chi connectivity index (χ4n) is 5.60. The topological polar surface area (TPSA) is 95.6 Å². The molecule has 1 amide bonds. The number of methoxy groups -OCH3 is 3. The van der Waals surface area contributed by atoms with Gasteiger partial charge in [0.25, 0.3) is 0 Å². The van der Waals surface area contributed by atoms with E-state index in [0.29, 0.717) is 41.4 Å². The van der Waals surface area contributed by atoms with E-state index in [1.54, 1.807) is 39.5 Å². The molecule has 2 aliphatic rings. The van der Waals surface area contributed by atoms with Gasteiger partial charge in [-0.05, 0) is 65.4 Å². The number of nitrogens with zero attached hydrogens (tertiary/aromatic N) is 1. The molecule has 0 bridgehead atoms. The lowest BCUT2D eigenvalue weighted by Crippen LogP contribution is -2.35. The van der Waals surface area contributed by atoms with Crippen molar-refractivity contribution in [1.82, 2.24) is 10.2 Å². The number of morpholine rings is 1. The Kier molecular flexibility index (Phi) is 8.75. The number of esters is 1. The van der Waals surface area contributed by atoms with Gasteiger partial charge in [-0.15, -0.1) is 0 Å². The zero-order valence-electron chi connectivity index (χ0n) is 24.0. The van der Waals surface area contributed by atoms with Crippen molar-refractivity contribution in [3.63, 3.8) is 0 Å². The SMILES string of the molecule is COc1cc2c(c(OC)c1OC)-c1ccc(OC(=O)c3ccc(CN4CCOCC4)cc3)cc1[C@@H](NC(C)=O)CC2. The summed E-state index contributed by atoms with van der Waals surface area (Å²) in [5.41, 5.74) is 5.16. The predicted molar refractivity (Wildman–Crippen MR) is 154 cm³/mol. The Morgan fingerprint density at radius 3 is 2.34 bits per heavy atom. The van der Waals surface area contributed by atoms with E-state index in [4.69, 9.17) is 23.7 Å². The Balaban J connectivity index is 1.45. The third-order valence-electron chi connectivity index (χ3n) is 7.57. The van der Waals surface area contributed by atoms with Crippen molar-refractivity contribution in [3.8, 4) is 34.1 Å². The van der Waals surface area contributed by atoms with Gasteiger partial charge in [0.2, 0.25) is 11.7 Å². The number of ether oxygens (including phenoxy) is 5. The average Bonchev–Trinajstić information content (AvgIpc) is 3.13. The Labute approximate surface area is 240 Å². The number of hydrogen-bond acceptors (Lipinski definition) is 8. The Hall–Kier alpha value is -4.08. The van der Waals surface area contributed by atoms with Crippen LogP contribution in [-0.4, -0.2) is 64.4 Å². The van der Waals surface area contributed by atoms with Gasteiger partial charge in [-0.3, -0.25) is 9.69 Å². The largest absolute Gasteiger partial charge is 0.493 e. The van der Waals surface area contributed by atoms with E-state index in [2.05, 4.69) is 10.2 Å². The number of rotatable bonds is 8. The number of carbonyl (C=O) groups is 2. The smallest absolute Gasteiger partial charge is 0.343 e. The van der Waals surface area contributed by atoms with E-state index in [0.717, 1.165) is 60.7 Å². The zero-order chi connectivity index (χ0) is 28.9. The molecule has 0 radical (unpaired) electrons. The van der Waals surface area contributed by atoms with Crippen LogP contribution in [0.4, 0.5) is 0 Å². The first kappa shape index (κ1) is 28.4. The first-order valence-electron chi connectivity index (χ1n) is 13.8. The summed E-state index contributed by atoms with van der Waals surface area (Å²) in [5.74, 6) is 1.41. The Bertz CT molecular complexity index is 1410. The first-order chi connectivity index (χ1) is 19.9. The molecule has 9 nitrogen and oxygen atoms in total. The summed E-state index contributed by atoms with van der Waals surface area (Å²) in [5, 5.41) is 3.06. The molecule has 3 aromatic carbocycles. The average molecular weight is 561 g/mol. The molecule has 0 aromatic heterocycles. The molecule has 1 aliphatic heterocycles. The van der Waals surface area contributed by atoms with Crippen LogP contribution >= 0.6 is 0 Å². The van der Waals surface area contributed by atoms with Crippen LogP contribution in [0.2, 0.25) is 0 Å². The molecule has 0 unspecified atom stereocenters. The molecular formula is C32H36N2O7. The maximum atomic E-state index is 13.1. The monoisotopic (exact) mass is 560 g/mol. The lowest BCUT2D eigenvalue weighted by Gasteiger charge is -2.26. The number of hydrogen-bond donors (Lipinski definition) is 1. The Morgan fingerprint density at radius 1 is 0.951 bits per heavy atom. The third kappa shape index (κ3) is 6.16. The normalized spacial score (nSPS) is 16.5. The van der Waals surface area contributed by atoms with Gasteiger partial charge in [0.15, 0.2) is 11.5 Å². The lowest BCUT2D eigenvalue weighted by atomic mass is 9.93. The highest BCUT2D eigenvalue weighted by Crippen LogP contribution is 2.50. The summed E-state index contributed by atoms with van der Waals surface area (Å²) in [7, 11) is 4.75. The minimum atomic E-state index is -0.447. The second-order valence-corrected chi connectivity index (χ2v) is 10.2. The van der Waals surface area contributed by atoms with Crippen molar-refractivity contribution < 1.29 is 33.3 Å². The Morgan fingerprint density at radius 2 is 1.68 bits per heavy atom. The molecule has 1 heterocycles. The maximum absolute atomic E-state index is 13.1. The van der Waals surface area contributed by atoms with E-state index >= 15 is 0 Å². The van der Waals surface area contributed by atoms with Gasteiger partial charge in [-0.1, -0.05) is 18.2 Å². The van der Waals surface area contributed by atoms with Gasteiger partial charge >= 0.3 is 5.97 Å². The van der Waals surface area contributed by atoms with Gasteiger partial charge < -0.3 is 29.0 Å². The summed E-state index contributed by atoms with van der Waals surface area (Å²) >= 11 is 0. The second kappa shape index (κ2) is 12.6. The lowest BCUT2D eigenvalue weighted by molar-refractivity contribution is -0.119. The van der Waals surface area contributed by atoms with E-state index in [-0.39, 0.29) is 11.9 Å². The molecule has 216 valence electrons. The highest BCUT2D eigenvalue weighted by atomic mass is 16.5. The molecule has 3 aromatic rings. The summed E-state index contributed by atoms with van der Waals surface area (Å²) in [6.07, 6.45) is 1.30. The van der Waals surface area contributed by atoms with E-state index in [9.17, 15) is 9.59 Å². The number of amides is 1. The number of benzene rings is 3. The van der Waals surface area contributed by atoms with E-state index in [1.807, 2.05) is 30.3 Å². The quantitative estimate of drug-likeness (QED) is 0.317. The molecule has 0 spiro atoms. The number of fused-ring (bicyclic) bond motifs is 3. The van der Waals surface area contributed by atoms with Gasteiger partial charge in [0.1, 0.15) is 5.75 Å². The molecule has 1 fully saturated rings. The molecule has 5 rings (SSSR count). The summed E-state index contributed by atoms with van der Waals surface area (Å²) in [4.78, 5) is 27.6. The van der Waals surface area contributed by atoms with Gasteiger partial charge in [-0.2, -0.15) is 0 Å². The summed E-state index contributed by atoms with van der Waals surface area (Å²) in [6.45, 7) is 5.60. The third-order valence-corrected chi connectivity index (χ3v) is 7.57. The van der Waals surface area contributed by atoms with E-state index < -0.39 is 5.97 Å². The minimum Gasteiger partial charge on any atom is -0.493 e. The highest BCUT2D eigenvalue weighted by molar-refractivity contribution is 5.91. The van der Waals surface area contributed by atoms with Crippen molar-refractivity contribution >= 4 is 11.9 Å². The standard InChI is InChI=1S/C32H36N2O7/c1-20(35)33-27-12-9-23-17-28(37-2)30(38-3)31(39-4)29(23)25-11-10-24(18-26(25)27)41-32(36)22-7-5-21(6-8-22)19-34-13-15-40-16-14-34/h5-8,10-11,17-18,27H,9,12-16,19H2,1-4H3,(H,33,35)/t27-/m0/s1. The number of carbonyl (C=O) groups excluding carboxylic acids is 2. The van der Waals surface area contributed by atoms with E-state index in [1.165, 1.54) is 6.92 Å². The fraction of sp³-hybridized carbons (Fsp3) is 0.375. The van der Waals surface area contributed by atoms with Crippen LogP contribution in [-0.2, 0) is 22.5 Å². The number of aryl methyl sites for hydroxylation is 1. The van der Waals surface area contributed by atoms with Crippen LogP contribution in [0.25, 0.3) is 11.1 Å². The van der Waals surface area contributed by atoms with Crippen molar-refractivity contribution in [2.45, 2.75) is 32.4 Å². The molecule has 9 heteroatoms. The van der Waals surface area contributed by atoms with Crippen LogP contribution in [0, 0.1) is 0 Å². The highest BCUT2D eigenvalue weighted by Gasteiger charge is 2.30. The van der Waals surface area contributed by atoms with Gasteiger partial charge in [0, 0.05) is 32.1 Å². The summed E-state index contributed by atoms with van der Waals surface area (Å²) < 4.78 is 28.3. The summed E-state index contributed by atoms with van der Waals surface area (Å²) in [6, 6.07) is 14.6. The van der Waals surface area contributed by atoms with Crippen molar-refractivity contribution in [2.24, 2.45) is 0 Å². The molecule has 0 saturated carbocycles. The zero-order valence-corrected chi connectivity index (χ0v) is 24.0. The molecule has 1 aliphatic carbocycles. The predicted octanol–water partition coefficient (Wildman–Crippen LogP) is 4.55. The van der Waals surface area contributed by atoms with Gasteiger partial charge in [-0.25, -0.2) is 4.79 Å². The maximum Gasteiger partial charge on any atom is 0.343 e. The fourth-order valence-corrected chi connectivity index (χ4v) is 5.60. The minimum absolute atomic E-state index is 0.145. The molecule has 1 atom stereocenters. The van der Waals surface area contributed by atoms with Crippen LogP contribution in [0.5, 0.6) is 23.0 Å². The molecule has 1 saturated heterocycles. The second-order valence-electron chi connectivity index (χ2n) is 10.2. The van der Waals surface area contributed by atoms with Crippen LogP contribution in [0.1, 0.15) is 46.4 Å². The molecular weight excluding hydrogens is 524 g/mol. The number of nitrogens with one attached hydrogen (secondary N) is 1.